The summed E-state index contributed by atoms with van der Waals surface area (Å²) < 4.78 is 2.07. The first-order chi connectivity index (χ1) is 9.03. The smallest absolute Gasteiger partial charge is 0.0883 e. The lowest BCUT2D eigenvalue weighted by Crippen LogP contribution is -2.33. The van der Waals surface area contributed by atoms with E-state index < -0.39 is 0 Å². The Morgan fingerprint density at radius 1 is 1.11 bits per heavy atom. The third-order valence-corrected chi connectivity index (χ3v) is 3.53. The lowest BCUT2D eigenvalue weighted by molar-refractivity contribution is 0.228. The van der Waals surface area contributed by atoms with E-state index in [0.29, 0.717) is 5.92 Å². The molecule has 0 fully saturated rings. The van der Waals surface area contributed by atoms with Gasteiger partial charge in [-0.2, -0.15) is 5.10 Å². The van der Waals surface area contributed by atoms with Gasteiger partial charge in [-0.1, -0.05) is 19.9 Å². The van der Waals surface area contributed by atoms with Gasteiger partial charge in [0.15, 0.2) is 0 Å². The Bertz CT molecular complexity index is 498. The molecule has 0 aliphatic heterocycles. The van der Waals surface area contributed by atoms with E-state index in [-0.39, 0.29) is 5.54 Å². The van der Waals surface area contributed by atoms with Crippen molar-refractivity contribution in [1.82, 2.24) is 14.8 Å². The average Bonchev–Trinajstić information content (AvgIpc) is 2.92. The Hall–Kier alpha value is -1.90. The van der Waals surface area contributed by atoms with Crippen molar-refractivity contribution in [3.05, 3.63) is 49.8 Å². The van der Waals surface area contributed by atoms with Gasteiger partial charge in [0.2, 0.25) is 0 Å². The van der Waals surface area contributed by atoms with Crippen LogP contribution >= 0.6 is 0 Å². The van der Waals surface area contributed by atoms with Gasteiger partial charge in [0.25, 0.3) is 0 Å². The summed E-state index contributed by atoms with van der Waals surface area (Å²) in [7, 11) is 0. The van der Waals surface area contributed by atoms with E-state index >= 15 is 0 Å². The Balaban J connectivity index is 0.000000861. The molecule has 0 saturated heterocycles. The molecular weight excluding hydrogens is 234 g/mol. The van der Waals surface area contributed by atoms with Gasteiger partial charge in [-0.15, -0.1) is 13.2 Å². The Kier molecular flexibility index (Phi) is 5.04. The van der Waals surface area contributed by atoms with Crippen LogP contribution in [-0.4, -0.2) is 14.8 Å². The Morgan fingerprint density at radius 2 is 1.79 bits per heavy atom. The minimum atomic E-state index is -0.0175. The molecule has 2 heterocycles. The molecule has 0 aromatic carbocycles. The van der Waals surface area contributed by atoms with E-state index in [1.54, 1.807) is 0 Å². The summed E-state index contributed by atoms with van der Waals surface area (Å²) in [6, 6.07) is 7.97. The van der Waals surface area contributed by atoms with Crippen LogP contribution in [-0.2, 0) is 5.54 Å². The number of hydrogen-bond donors (Lipinski definition) is 0. The monoisotopic (exact) mass is 257 g/mol. The molecule has 2 rings (SSSR count). The molecule has 2 aromatic rings. The fraction of sp³-hybridized carbons (Fsp3) is 0.375. The van der Waals surface area contributed by atoms with E-state index in [2.05, 4.69) is 55.6 Å². The van der Waals surface area contributed by atoms with Gasteiger partial charge in [-0.25, -0.2) is 0 Å². The van der Waals surface area contributed by atoms with Crippen LogP contribution in [0.5, 0.6) is 0 Å². The zero-order valence-corrected chi connectivity index (χ0v) is 12.3. The molecule has 0 spiro atoms. The summed E-state index contributed by atoms with van der Waals surface area (Å²) in [6.45, 7) is 14.8. The highest BCUT2D eigenvalue weighted by molar-refractivity contribution is 5.54. The summed E-state index contributed by atoms with van der Waals surface area (Å²) in [6.07, 6.45) is 3.66. The molecule has 0 aliphatic carbocycles. The van der Waals surface area contributed by atoms with Gasteiger partial charge >= 0.3 is 0 Å². The number of rotatable bonds is 3. The standard InChI is InChI=1S/C14H19N3.C2H4/c1-11(2)14(3,4)17-13(8-10-16-17)12-7-5-6-9-15-12;1-2/h5-11H,1-4H3;1-2H2. The highest BCUT2D eigenvalue weighted by Gasteiger charge is 2.27. The molecule has 0 N–H and O–H groups in total. The summed E-state index contributed by atoms with van der Waals surface area (Å²) in [5.41, 5.74) is 2.03. The maximum absolute atomic E-state index is 4.46. The second kappa shape index (κ2) is 6.32. The molecule has 19 heavy (non-hydrogen) atoms. The Morgan fingerprint density at radius 3 is 2.32 bits per heavy atom. The Labute approximate surface area is 116 Å². The van der Waals surface area contributed by atoms with Crippen LogP contribution in [0, 0.1) is 5.92 Å². The van der Waals surface area contributed by atoms with Crippen LogP contribution < -0.4 is 0 Å². The average molecular weight is 257 g/mol. The van der Waals surface area contributed by atoms with Crippen molar-refractivity contribution in [2.75, 3.05) is 0 Å². The maximum atomic E-state index is 4.46. The molecule has 0 unspecified atom stereocenters. The second-order valence-corrected chi connectivity index (χ2v) is 5.15. The summed E-state index contributed by atoms with van der Waals surface area (Å²) >= 11 is 0. The molecule has 0 amide bonds. The third-order valence-electron chi connectivity index (χ3n) is 3.53. The van der Waals surface area contributed by atoms with Crippen LogP contribution in [0.1, 0.15) is 27.7 Å². The summed E-state index contributed by atoms with van der Waals surface area (Å²) in [5, 5.41) is 4.46. The van der Waals surface area contributed by atoms with Gasteiger partial charge in [-0.05, 0) is 38.0 Å². The lowest BCUT2D eigenvalue weighted by Gasteiger charge is -2.31. The first-order valence-corrected chi connectivity index (χ1v) is 6.49. The molecule has 3 heteroatoms. The predicted octanol–water partition coefficient (Wildman–Crippen LogP) is 4.14. The van der Waals surface area contributed by atoms with Crippen molar-refractivity contribution in [3.63, 3.8) is 0 Å². The van der Waals surface area contributed by atoms with Crippen LogP contribution in [0.4, 0.5) is 0 Å². The molecule has 2 aromatic heterocycles. The first-order valence-electron chi connectivity index (χ1n) is 6.49. The fourth-order valence-corrected chi connectivity index (χ4v) is 1.72. The number of aromatic nitrogens is 3. The largest absolute Gasteiger partial charge is 0.258 e. The number of hydrogen-bond acceptors (Lipinski definition) is 2. The topological polar surface area (TPSA) is 30.7 Å². The van der Waals surface area contributed by atoms with E-state index in [4.69, 9.17) is 0 Å². The molecular formula is C16H23N3. The zero-order valence-electron chi connectivity index (χ0n) is 12.3. The van der Waals surface area contributed by atoms with Crippen molar-refractivity contribution < 1.29 is 0 Å². The molecule has 0 saturated carbocycles. The minimum absolute atomic E-state index is 0.0175. The number of nitrogens with zero attached hydrogens (tertiary/aromatic N) is 3. The molecule has 0 bridgehead atoms. The number of pyridine rings is 1. The van der Waals surface area contributed by atoms with Crippen molar-refractivity contribution in [3.8, 4) is 11.4 Å². The van der Waals surface area contributed by atoms with Crippen molar-refractivity contribution >= 4 is 0 Å². The van der Waals surface area contributed by atoms with Crippen molar-refractivity contribution in [2.45, 2.75) is 33.2 Å². The van der Waals surface area contributed by atoms with Crippen LogP contribution in [0.15, 0.2) is 49.8 Å². The van der Waals surface area contributed by atoms with Crippen LogP contribution in [0.2, 0.25) is 0 Å². The maximum Gasteiger partial charge on any atom is 0.0883 e. The van der Waals surface area contributed by atoms with Gasteiger partial charge < -0.3 is 0 Å². The highest BCUT2D eigenvalue weighted by atomic mass is 15.3. The van der Waals surface area contributed by atoms with E-state index in [1.165, 1.54) is 0 Å². The van der Waals surface area contributed by atoms with E-state index in [0.717, 1.165) is 11.4 Å². The zero-order chi connectivity index (χ0) is 14.5. The van der Waals surface area contributed by atoms with Gasteiger partial charge in [-0.3, -0.25) is 9.67 Å². The highest BCUT2D eigenvalue weighted by Crippen LogP contribution is 2.29. The molecule has 3 nitrogen and oxygen atoms in total. The predicted molar refractivity (Wildman–Crippen MR) is 80.9 cm³/mol. The third kappa shape index (κ3) is 3.11. The SMILES string of the molecule is C=C.CC(C)C(C)(C)n1nccc1-c1ccccn1. The quantitative estimate of drug-likeness (QED) is 0.774. The second-order valence-electron chi connectivity index (χ2n) is 5.15. The summed E-state index contributed by atoms with van der Waals surface area (Å²) in [5.74, 6) is 0.505. The van der Waals surface area contributed by atoms with Crippen LogP contribution in [0.3, 0.4) is 0 Å². The van der Waals surface area contributed by atoms with E-state index in [9.17, 15) is 0 Å². The fourth-order valence-electron chi connectivity index (χ4n) is 1.72. The molecule has 0 radical (unpaired) electrons. The molecule has 0 aliphatic rings. The molecule has 102 valence electrons. The minimum Gasteiger partial charge on any atom is -0.258 e. The van der Waals surface area contributed by atoms with Crippen molar-refractivity contribution in [1.29, 1.82) is 0 Å². The molecule has 0 atom stereocenters. The van der Waals surface area contributed by atoms with Gasteiger partial charge in [0.05, 0.1) is 16.9 Å². The van der Waals surface area contributed by atoms with Gasteiger partial charge in [0.1, 0.15) is 0 Å². The van der Waals surface area contributed by atoms with Crippen molar-refractivity contribution in [2.24, 2.45) is 5.92 Å². The van der Waals surface area contributed by atoms with E-state index in [1.807, 2.05) is 36.7 Å². The summed E-state index contributed by atoms with van der Waals surface area (Å²) in [4.78, 5) is 4.39. The normalized spacial score (nSPS) is 11.0. The lowest BCUT2D eigenvalue weighted by atomic mass is 9.90. The van der Waals surface area contributed by atoms with Crippen LogP contribution in [0.25, 0.3) is 11.4 Å². The first kappa shape index (κ1) is 15.2. The van der Waals surface area contributed by atoms with Gasteiger partial charge in [0, 0.05) is 12.4 Å².